The fourth-order valence-electron chi connectivity index (χ4n) is 2.15. The van der Waals surface area contributed by atoms with Crippen molar-refractivity contribution >= 4 is 0 Å². The summed E-state index contributed by atoms with van der Waals surface area (Å²) >= 11 is 0. The normalized spacial score (nSPS) is 13.5. The van der Waals surface area contributed by atoms with E-state index in [4.69, 9.17) is 4.52 Å². The van der Waals surface area contributed by atoms with Crippen molar-refractivity contribution in [1.82, 2.24) is 10.1 Å². The Hall–Kier alpha value is -0.860. The molecule has 1 aromatic heterocycles. The second-order valence-corrected chi connectivity index (χ2v) is 6.73. The van der Waals surface area contributed by atoms with Gasteiger partial charge in [-0.1, -0.05) is 53.6 Å². The van der Waals surface area contributed by atoms with Crippen molar-refractivity contribution in [2.75, 3.05) is 0 Å². The van der Waals surface area contributed by atoms with Gasteiger partial charge in [-0.2, -0.15) is 4.98 Å². The molecule has 0 fully saturated rings. The first-order valence-corrected chi connectivity index (χ1v) is 5.96. The first-order chi connectivity index (χ1) is 7.12. The van der Waals surface area contributed by atoms with Crippen molar-refractivity contribution in [2.45, 2.75) is 66.2 Å². The van der Waals surface area contributed by atoms with E-state index in [1.165, 1.54) is 0 Å². The molecule has 0 saturated heterocycles. The van der Waals surface area contributed by atoms with E-state index in [9.17, 15) is 0 Å². The van der Waals surface area contributed by atoms with E-state index in [1.54, 1.807) is 0 Å². The van der Waals surface area contributed by atoms with Crippen molar-refractivity contribution in [2.24, 2.45) is 5.41 Å². The number of rotatable bonds is 3. The monoisotopic (exact) mass is 224 g/mol. The lowest BCUT2D eigenvalue weighted by Gasteiger charge is -2.29. The van der Waals surface area contributed by atoms with Gasteiger partial charge >= 0.3 is 0 Å². The van der Waals surface area contributed by atoms with Gasteiger partial charge in [0, 0.05) is 11.3 Å². The largest absolute Gasteiger partial charge is 0.339 e. The smallest absolute Gasteiger partial charge is 0.232 e. The van der Waals surface area contributed by atoms with Gasteiger partial charge in [0.2, 0.25) is 5.89 Å². The summed E-state index contributed by atoms with van der Waals surface area (Å²) in [5.74, 6) is 1.88. The van der Waals surface area contributed by atoms with Gasteiger partial charge in [0.15, 0.2) is 5.82 Å². The minimum Gasteiger partial charge on any atom is -0.339 e. The molecule has 0 atom stereocenters. The van der Waals surface area contributed by atoms with Crippen LogP contribution in [0.5, 0.6) is 0 Å². The van der Waals surface area contributed by atoms with Crippen molar-refractivity contribution in [1.29, 1.82) is 0 Å². The first kappa shape index (κ1) is 13.2. The molecule has 0 aromatic carbocycles. The number of aromatic nitrogens is 2. The standard InChI is InChI=1S/C13H24N2O/c1-9(2)10-14-11(16-15-10)13(6,7)8-12(3,4)5/h9H,8H2,1-7H3. The molecular formula is C13H24N2O. The third-order valence-corrected chi connectivity index (χ3v) is 2.51. The number of nitrogens with zero attached hydrogens (tertiary/aromatic N) is 2. The molecule has 1 rings (SSSR count). The third kappa shape index (κ3) is 3.32. The Balaban J connectivity index is 2.89. The van der Waals surface area contributed by atoms with Gasteiger partial charge in [-0.15, -0.1) is 0 Å². The highest BCUT2D eigenvalue weighted by atomic mass is 16.5. The number of hydrogen-bond donors (Lipinski definition) is 0. The van der Waals surface area contributed by atoms with Gasteiger partial charge in [-0.3, -0.25) is 0 Å². The van der Waals surface area contributed by atoms with Crippen LogP contribution < -0.4 is 0 Å². The molecule has 0 aliphatic heterocycles. The molecule has 0 unspecified atom stereocenters. The quantitative estimate of drug-likeness (QED) is 0.781. The molecule has 3 heteroatoms. The van der Waals surface area contributed by atoms with Crippen LogP contribution in [-0.4, -0.2) is 10.1 Å². The summed E-state index contributed by atoms with van der Waals surface area (Å²) in [5, 5.41) is 4.03. The van der Waals surface area contributed by atoms with Crippen LogP contribution in [0.15, 0.2) is 4.52 Å². The zero-order valence-electron chi connectivity index (χ0n) is 11.6. The average molecular weight is 224 g/mol. The minimum atomic E-state index is -0.0572. The lowest BCUT2D eigenvalue weighted by molar-refractivity contribution is 0.226. The molecule has 0 radical (unpaired) electrons. The zero-order valence-corrected chi connectivity index (χ0v) is 11.6. The molecule has 0 aliphatic rings. The van der Waals surface area contributed by atoms with Crippen LogP contribution in [0.25, 0.3) is 0 Å². The maximum Gasteiger partial charge on any atom is 0.232 e. The molecule has 0 aliphatic carbocycles. The topological polar surface area (TPSA) is 38.9 Å². The molecule has 1 aromatic rings. The predicted octanol–water partition coefficient (Wildman–Crippen LogP) is 3.91. The Morgan fingerprint density at radius 3 is 2.06 bits per heavy atom. The fraction of sp³-hybridized carbons (Fsp3) is 0.846. The molecule has 0 N–H and O–H groups in total. The van der Waals surface area contributed by atoms with Crippen LogP contribution in [-0.2, 0) is 5.41 Å². The maximum absolute atomic E-state index is 5.38. The summed E-state index contributed by atoms with van der Waals surface area (Å²) in [5.41, 5.74) is 0.203. The minimum absolute atomic E-state index is 0.0572. The van der Waals surface area contributed by atoms with E-state index in [0.717, 1.165) is 18.1 Å². The molecule has 92 valence electrons. The molecule has 0 spiro atoms. The van der Waals surface area contributed by atoms with Crippen molar-refractivity contribution in [3.63, 3.8) is 0 Å². The second-order valence-electron chi connectivity index (χ2n) is 6.73. The van der Waals surface area contributed by atoms with Crippen LogP contribution in [0, 0.1) is 5.41 Å². The van der Waals surface area contributed by atoms with Gasteiger partial charge < -0.3 is 4.52 Å². The van der Waals surface area contributed by atoms with E-state index in [0.29, 0.717) is 5.92 Å². The van der Waals surface area contributed by atoms with Crippen molar-refractivity contribution in [3.05, 3.63) is 11.7 Å². The molecule has 16 heavy (non-hydrogen) atoms. The molecule has 0 saturated carbocycles. The Bertz CT molecular complexity index is 345. The Morgan fingerprint density at radius 2 is 1.69 bits per heavy atom. The molecule has 1 heterocycles. The third-order valence-electron chi connectivity index (χ3n) is 2.51. The van der Waals surface area contributed by atoms with Crippen molar-refractivity contribution in [3.8, 4) is 0 Å². The van der Waals surface area contributed by atoms with Gasteiger partial charge in [0.05, 0.1) is 0 Å². The highest BCUT2D eigenvalue weighted by Gasteiger charge is 2.32. The lowest BCUT2D eigenvalue weighted by atomic mass is 9.76. The fourth-order valence-corrected chi connectivity index (χ4v) is 2.15. The summed E-state index contributed by atoms with van der Waals surface area (Å²) < 4.78 is 5.38. The summed E-state index contributed by atoms with van der Waals surface area (Å²) in [7, 11) is 0. The molecular weight excluding hydrogens is 200 g/mol. The van der Waals surface area contributed by atoms with E-state index in [-0.39, 0.29) is 10.8 Å². The second kappa shape index (κ2) is 4.19. The molecule has 3 nitrogen and oxygen atoms in total. The highest BCUT2D eigenvalue weighted by molar-refractivity contribution is 5.03. The highest BCUT2D eigenvalue weighted by Crippen LogP contribution is 2.35. The van der Waals surface area contributed by atoms with Gasteiger partial charge in [0.1, 0.15) is 0 Å². The predicted molar refractivity (Wildman–Crippen MR) is 65.5 cm³/mol. The zero-order chi connectivity index (χ0) is 12.6. The summed E-state index contributed by atoms with van der Waals surface area (Å²) in [4.78, 5) is 4.49. The SMILES string of the molecule is CC(C)c1noc(C(C)(C)CC(C)(C)C)n1. The van der Waals surface area contributed by atoms with E-state index >= 15 is 0 Å². The Kier molecular flexibility index (Phi) is 3.46. The van der Waals surface area contributed by atoms with Crippen LogP contribution in [0.2, 0.25) is 0 Å². The summed E-state index contributed by atoms with van der Waals surface area (Å²) in [6, 6.07) is 0. The molecule has 0 amide bonds. The molecule has 0 bridgehead atoms. The Morgan fingerprint density at radius 1 is 1.12 bits per heavy atom. The van der Waals surface area contributed by atoms with Crippen LogP contribution in [0.1, 0.15) is 72.5 Å². The van der Waals surface area contributed by atoms with Crippen LogP contribution in [0.3, 0.4) is 0 Å². The average Bonchev–Trinajstić information content (AvgIpc) is 2.46. The van der Waals surface area contributed by atoms with Crippen LogP contribution in [0.4, 0.5) is 0 Å². The van der Waals surface area contributed by atoms with Gasteiger partial charge in [-0.25, -0.2) is 0 Å². The van der Waals surface area contributed by atoms with Gasteiger partial charge in [-0.05, 0) is 11.8 Å². The van der Waals surface area contributed by atoms with Crippen molar-refractivity contribution < 1.29 is 4.52 Å². The summed E-state index contributed by atoms with van der Waals surface area (Å²) in [6.45, 7) is 15.2. The van der Waals surface area contributed by atoms with E-state index < -0.39 is 0 Å². The first-order valence-electron chi connectivity index (χ1n) is 5.96. The Labute approximate surface area is 98.6 Å². The van der Waals surface area contributed by atoms with Crippen LogP contribution >= 0.6 is 0 Å². The summed E-state index contributed by atoms with van der Waals surface area (Å²) in [6.07, 6.45) is 1.03. The van der Waals surface area contributed by atoms with E-state index in [2.05, 4.69) is 58.6 Å². The maximum atomic E-state index is 5.38. The number of hydrogen-bond acceptors (Lipinski definition) is 3. The lowest BCUT2D eigenvalue weighted by Crippen LogP contribution is -2.25. The van der Waals surface area contributed by atoms with E-state index in [1.807, 2.05) is 0 Å². The van der Waals surface area contributed by atoms with Gasteiger partial charge in [0.25, 0.3) is 0 Å².